The van der Waals surface area contributed by atoms with Gasteiger partial charge in [0.2, 0.25) is 11.8 Å². The van der Waals surface area contributed by atoms with Crippen LogP contribution < -0.4 is 22.2 Å². The van der Waals surface area contributed by atoms with Crippen molar-refractivity contribution in [3.63, 3.8) is 0 Å². The number of carbonyl (C=O) groups excluding carboxylic acids is 2. The van der Waals surface area contributed by atoms with E-state index in [1.165, 1.54) is 12.1 Å². The Hall–Kier alpha value is -3.68. The van der Waals surface area contributed by atoms with Gasteiger partial charge in [-0.25, -0.2) is 4.68 Å². The molecule has 1 heterocycles. The molecule has 1 atom stereocenters. The average molecular weight is 352 g/mol. The van der Waals surface area contributed by atoms with Crippen LogP contribution in [0.25, 0.3) is 10.8 Å². The first-order chi connectivity index (χ1) is 12.5. The molecule has 0 aliphatic carbocycles. The number of amides is 2. The first-order valence-corrected chi connectivity index (χ1v) is 7.83. The molecule has 0 aliphatic heterocycles. The van der Waals surface area contributed by atoms with Gasteiger partial charge in [0.25, 0.3) is 11.1 Å². The SMILES string of the molecule is NC(=O)C(NC(=O)Cn1[nH]c(=O)c2ccccc2c1=O)c1ccccc1. The molecular weight excluding hydrogens is 336 g/mol. The van der Waals surface area contributed by atoms with E-state index in [0.717, 1.165) is 4.68 Å². The molecule has 0 fully saturated rings. The molecule has 8 nitrogen and oxygen atoms in total. The lowest BCUT2D eigenvalue weighted by Crippen LogP contribution is -2.41. The molecule has 0 spiro atoms. The van der Waals surface area contributed by atoms with Crippen molar-refractivity contribution < 1.29 is 9.59 Å². The van der Waals surface area contributed by atoms with Crippen molar-refractivity contribution in [3.8, 4) is 0 Å². The minimum absolute atomic E-state index is 0.207. The summed E-state index contributed by atoms with van der Waals surface area (Å²) in [6.45, 7) is -0.449. The number of fused-ring (bicyclic) bond motifs is 1. The van der Waals surface area contributed by atoms with Crippen LogP contribution in [-0.4, -0.2) is 21.6 Å². The Morgan fingerprint density at radius 2 is 1.62 bits per heavy atom. The van der Waals surface area contributed by atoms with Crippen molar-refractivity contribution in [1.82, 2.24) is 15.1 Å². The highest BCUT2D eigenvalue weighted by molar-refractivity contribution is 5.87. The lowest BCUT2D eigenvalue weighted by molar-refractivity contribution is -0.128. The first-order valence-electron chi connectivity index (χ1n) is 7.83. The number of aromatic nitrogens is 2. The van der Waals surface area contributed by atoms with Gasteiger partial charge < -0.3 is 11.1 Å². The minimum atomic E-state index is -1.04. The summed E-state index contributed by atoms with van der Waals surface area (Å²) in [5.74, 6) is -1.37. The van der Waals surface area contributed by atoms with Gasteiger partial charge in [-0.2, -0.15) is 0 Å². The van der Waals surface area contributed by atoms with Gasteiger partial charge in [0, 0.05) is 0 Å². The number of carbonyl (C=O) groups is 2. The van der Waals surface area contributed by atoms with Crippen LogP contribution in [0, 0.1) is 0 Å². The lowest BCUT2D eigenvalue weighted by atomic mass is 10.1. The number of rotatable bonds is 5. The van der Waals surface area contributed by atoms with E-state index < -0.39 is 35.5 Å². The molecule has 4 N–H and O–H groups in total. The number of primary amides is 1. The summed E-state index contributed by atoms with van der Waals surface area (Å²) in [7, 11) is 0. The second kappa shape index (κ2) is 7.06. The van der Waals surface area contributed by atoms with Crippen LogP contribution in [0.2, 0.25) is 0 Å². The molecule has 2 amide bonds. The van der Waals surface area contributed by atoms with Crippen LogP contribution in [0.4, 0.5) is 0 Å². The van der Waals surface area contributed by atoms with Crippen LogP contribution >= 0.6 is 0 Å². The largest absolute Gasteiger partial charge is 0.368 e. The summed E-state index contributed by atoms with van der Waals surface area (Å²) in [6, 6.07) is 13.8. The summed E-state index contributed by atoms with van der Waals surface area (Å²) in [4.78, 5) is 48.5. The van der Waals surface area contributed by atoms with Gasteiger partial charge in [0.1, 0.15) is 12.6 Å². The fraction of sp³-hybridized carbons (Fsp3) is 0.111. The Balaban J connectivity index is 1.87. The van der Waals surface area contributed by atoms with Gasteiger partial charge in [0.15, 0.2) is 0 Å². The molecule has 0 saturated carbocycles. The van der Waals surface area contributed by atoms with Crippen molar-refractivity contribution in [2.24, 2.45) is 5.73 Å². The molecule has 132 valence electrons. The number of hydrogen-bond donors (Lipinski definition) is 3. The second-order valence-corrected chi connectivity index (χ2v) is 5.69. The molecule has 1 unspecified atom stereocenters. The Labute approximate surface area is 147 Å². The highest BCUT2D eigenvalue weighted by Crippen LogP contribution is 2.11. The van der Waals surface area contributed by atoms with Crippen molar-refractivity contribution in [2.45, 2.75) is 12.6 Å². The van der Waals surface area contributed by atoms with E-state index in [2.05, 4.69) is 10.4 Å². The van der Waals surface area contributed by atoms with E-state index in [1.807, 2.05) is 0 Å². The standard InChI is InChI=1S/C18H16N4O4/c19-16(24)15(11-6-2-1-3-7-11)20-14(23)10-22-18(26)13-9-5-4-8-12(13)17(25)21-22/h1-9,15H,10H2,(H2,19,24)(H,20,23)(H,21,25). The maximum Gasteiger partial charge on any atom is 0.273 e. The molecule has 26 heavy (non-hydrogen) atoms. The van der Waals surface area contributed by atoms with E-state index >= 15 is 0 Å². The van der Waals surface area contributed by atoms with E-state index in [0.29, 0.717) is 5.56 Å². The predicted octanol–water partition coefficient (Wildman–Crippen LogP) is 0.0326. The van der Waals surface area contributed by atoms with Gasteiger partial charge in [-0.15, -0.1) is 0 Å². The molecule has 8 heteroatoms. The minimum Gasteiger partial charge on any atom is -0.368 e. The number of H-pyrrole nitrogens is 1. The third-order valence-electron chi connectivity index (χ3n) is 3.91. The van der Waals surface area contributed by atoms with Crippen molar-refractivity contribution in [1.29, 1.82) is 0 Å². The lowest BCUT2D eigenvalue weighted by Gasteiger charge is -2.16. The number of benzene rings is 2. The Morgan fingerprint density at radius 3 is 2.27 bits per heavy atom. The molecule has 1 aromatic heterocycles. The molecule has 3 rings (SSSR count). The smallest absolute Gasteiger partial charge is 0.273 e. The Kier molecular flexibility index (Phi) is 4.66. The zero-order chi connectivity index (χ0) is 18.7. The molecule has 0 radical (unpaired) electrons. The summed E-state index contributed by atoms with van der Waals surface area (Å²) < 4.78 is 0.906. The Bertz CT molecular complexity index is 1090. The summed E-state index contributed by atoms with van der Waals surface area (Å²) in [6.07, 6.45) is 0. The zero-order valence-corrected chi connectivity index (χ0v) is 13.6. The maximum absolute atomic E-state index is 12.4. The topological polar surface area (TPSA) is 127 Å². The van der Waals surface area contributed by atoms with Crippen LogP contribution in [0.3, 0.4) is 0 Å². The normalized spacial score (nSPS) is 11.8. The van der Waals surface area contributed by atoms with E-state index in [-0.39, 0.29) is 10.8 Å². The molecular formula is C18H16N4O4. The van der Waals surface area contributed by atoms with Gasteiger partial charge in [-0.1, -0.05) is 42.5 Å². The van der Waals surface area contributed by atoms with Crippen LogP contribution in [-0.2, 0) is 16.1 Å². The number of aromatic amines is 1. The summed E-state index contributed by atoms with van der Waals surface area (Å²) in [5.41, 5.74) is 4.89. The van der Waals surface area contributed by atoms with E-state index in [4.69, 9.17) is 5.73 Å². The monoisotopic (exact) mass is 352 g/mol. The van der Waals surface area contributed by atoms with E-state index in [9.17, 15) is 19.2 Å². The van der Waals surface area contributed by atoms with E-state index in [1.54, 1.807) is 42.5 Å². The third-order valence-corrected chi connectivity index (χ3v) is 3.91. The fourth-order valence-corrected chi connectivity index (χ4v) is 2.67. The zero-order valence-electron chi connectivity index (χ0n) is 13.6. The molecule has 2 aromatic carbocycles. The third kappa shape index (κ3) is 3.39. The van der Waals surface area contributed by atoms with Crippen LogP contribution in [0.5, 0.6) is 0 Å². The van der Waals surface area contributed by atoms with Gasteiger partial charge in [-0.05, 0) is 17.7 Å². The quantitative estimate of drug-likeness (QED) is 0.599. The fourth-order valence-electron chi connectivity index (χ4n) is 2.67. The summed E-state index contributed by atoms with van der Waals surface area (Å²) in [5, 5.41) is 5.30. The van der Waals surface area contributed by atoms with Gasteiger partial charge in [-0.3, -0.25) is 24.3 Å². The van der Waals surface area contributed by atoms with Crippen LogP contribution in [0.15, 0.2) is 64.2 Å². The average Bonchev–Trinajstić information content (AvgIpc) is 2.64. The predicted molar refractivity (Wildman–Crippen MR) is 95.3 cm³/mol. The second-order valence-electron chi connectivity index (χ2n) is 5.69. The summed E-state index contributed by atoms with van der Waals surface area (Å²) >= 11 is 0. The molecule has 3 aromatic rings. The number of hydrogen-bond acceptors (Lipinski definition) is 4. The number of nitrogens with two attached hydrogens (primary N) is 1. The van der Waals surface area contributed by atoms with Crippen molar-refractivity contribution >= 4 is 22.6 Å². The number of nitrogens with zero attached hydrogens (tertiary/aromatic N) is 1. The highest BCUT2D eigenvalue weighted by atomic mass is 16.2. The number of nitrogens with one attached hydrogen (secondary N) is 2. The molecule has 0 saturated heterocycles. The Morgan fingerprint density at radius 1 is 1.00 bits per heavy atom. The maximum atomic E-state index is 12.4. The van der Waals surface area contributed by atoms with Gasteiger partial charge in [0.05, 0.1) is 10.8 Å². The highest BCUT2D eigenvalue weighted by Gasteiger charge is 2.20. The molecule has 0 aliphatic rings. The van der Waals surface area contributed by atoms with Crippen molar-refractivity contribution in [3.05, 3.63) is 80.9 Å². The van der Waals surface area contributed by atoms with Crippen LogP contribution in [0.1, 0.15) is 11.6 Å². The van der Waals surface area contributed by atoms with Gasteiger partial charge >= 0.3 is 0 Å². The van der Waals surface area contributed by atoms with Crippen molar-refractivity contribution in [2.75, 3.05) is 0 Å². The molecule has 0 bridgehead atoms. The first kappa shape index (κ1) is 17.2.